The molecular formula is C13H16BrNO3. The maximum atomic E-state index is 11.9. The number of aromatic nitrogens is 1. The summed E-state index contributed by atoms with van der Waals surface area (Å²) in [5, 5.41) is 21.3. The summed E-state index contributed by atoms with van der Waals surface area (Å²) < 4.78 is 1.55. The van der Waals surface area contributed by atoms with E-state index in [1.807, 2.05) is 0 Å². The van der Waals surface area contributed by atoms with E-state index in [1.54, 1.807) is 4.57 Å². The lowest BCUT2D eigenvalue weighted by atomic mass is 9.67. The van der Waals surface area contributed by atoms with Gasteiger partial charge >= 0.3 is 0 Å². The number of hydrogen-bond donors (Lipinski definition) is 2. The Morgan fingerprint density at radius 3 is 2.61 bits per heavy atom. The third-order valence-corrected chi connectivity index (χ3v) is 4.76. The lowest BCUT2D eigenvalue weighted by Crippen LogP contribution is -2.28. The first-order valence-corrected chi connectivity index (χ1v) is 7.50. The summed E-state index contributed by atoms with van der Waals surface area (Å²) in [5.74, 6) is 0.401. The van der Waals surface area contributed by atoms with Gasteiger partial charge in [0.1, 0.15) is 5.78 Å². The molecule has 0 radical (unpaired) electrons. The number of carbonyl (C=O) groups excluding carboxylic acids is 1. The fraction of sp³-hybridized carbons (Fsp3) is 0.615. The van der Waals surface area contributed by atoms with E-state index < -0.39 is 0 Å². The molecule has 2 bridgehead atoms. The number of ketones is 1. The number of alkyl halides is 1. The predicted octanol–water partition coefficient (Wildman–Crippen LogP) is 2.62. The van der Waals surface area contributed by atoms with Crippen LogP contribution in [0.4, 0.5) is 0 Å². The third-order valence-electron chi connectivity index (χ3n) is 4.20. The second-order valence-corrected chi connectivity index (χ2v) is 5.96. The Bertz CT molecular complexity index is 509. The minimum absolute atomic E-state index is 0.103. The van der Waals surface area contributed by atoms with Crippen molar-refractivity contribution >= 4 is 21.7 Å². The lowest BCUT2D eigenvalue weighted by Gasteiger charge is -2.34. The molecule has 3 aliphatic rings. The molecule has 0 saturated heterocycles. The van der Waals surface area contributed by atoms with Crippen LogP contribution in [-0.4, -0.2) is 25.9 Å². The van der Waals surface area contributed by atoms with Crippen LogP contribution in [0.5, 0.6) is 11.8 Å². The predicted molar refractivity (Wildman–Crippen MR) is 70.5 cm³/mol. The molecule has 1 aromatic heterocycles. The molecule has 1 saturated carbocycles. The highest BCUT2D eigenvalue weighted by atomic mass is 79.9. The van der Waals surface area contributed by atoms with Gasteiger partial charge in [0.2, 0.25) is 0 Å². The summed E-state index contributed by atoms with van der Waals surface area (Å²) in [4.78, 5) is 11.9. The highest BCUT2D eigenvalue weighted by Crippen LogP contribution is 2.55. The van der Waals surface area contributed by atoms with Gasteiger partial charge in [0, 0.05) is 35.3 Å². The van der Waals surface area contributed by atoms with Gasteiger partial charge in [0.25, 0.3) is 0 Å². The summed E-state index contributed by atoms with van der Waals surface area (Å²) in [5.41, 5.74) is 1.53. The van der Waals surface area contributed by atoms with Gasteiger partial charge in [-0.15, -0.1) is 0 Å². The number of halogens is 1. The van der Waals surface area contributed by atoms with Crippen LogP contribution in [0.25, 0.3) is 0 Å². The number of carbonyl (C=O) groups is 1. The molecule has 1 heterocycles. The van der Waals surface area contributed by atoms with Gasteiger partial charge < -0.3 is 10.2 Å². The molecule has 0 aromatic carbocycles. The largest absolute Gasteiger partial charge is 0.494 e. The smallest absolute Gasteiger partial charge is 0.198 e. The van der Waals surface area contributed by atoms with E-state index >= 15 is 0 Å². The van der Waals surface area contributed by atoms with Crippen LogP contribution in [0, 0.1) is 0 Å². The summed E-state index contributed by atoms with van der Waals surface area (Å²) in [6.07, 6.45) is 3.11. The van der Waals surface area contributed by atoms with Crippen molar-refractivity contribution < 1.29 is 15.0 Å². The van der Waals surface area contributed by atoms with E-state index in [1.165, 1.54) is 0 Å². The molecule has 2 unspecified atom stereocenters. The fourth-order valence-electron chi connectivity index (χ4n) is 3.38. The Labute approximate surface area is 114 Å². The Morgan fingerprint density at radius 1 is 1.22 bits per heavy atom. The molecule has 4 nitrogen and oxygen atoms in total. The van der Waals surface area contributed by atoms with Crippen LogP contribution < -0.4 is 0 Å². The highest BCUT2D eigenvalue weighted by molar-refractivity contribution is 9.09. The van der Waals surface area contributed by atoms with Crippen molar-refractivity contribution in [1.82, 2.24) is 4.57 Å². The van der Waals surface area contributed by atoms with Crippen molar-refractivity contribution in [2.24, 2.45) is 0 Å². The van der Waals surface area contributed by atoms with Crippen molar-refractivity contribution in [3.05, 3.63) is 11.1 Å². The van der Waals surface area contributed by atoms with E-state index in [0.717, 1.165) is 30.2 Å². The maximum Gasteiger partial charge on any atom is 0.198 e. The summed E-state index contributed by atoms with van der Waals surface area (Å²) in [6.45, 7) is 0.573. The molecule has 98 valence electrons. The molecule has 3 aliphatic carbocycles. The third kappa shape index (κ3) is 1.53. The Morgan fingerprint density at radius 2 is 1.94 bits per heavy atom. The topological polar surface area (TPSA) is 62.5 Å². The number of hydrogen-bond acceptors (Lipinski definition) is 3. The molecule has 5 heteroatoms. The molecule has 1 aromatic rings. The number of rotatable bonds is 3. The van der Waals surface area contributed by atoms with Crippen LogP contribution in [0.2, 0.25) is 0 Å². The quantitative estimate of drug-likeness (QED) is 0.843. The van der Waals surface area contributed by atoms with Crippen LogP contribution in [0.3, 0.4) is 0 Å². The van der Waals surface area contributed by atoms with Crippen molar-refractivity contribution in [3.63, 3.8) is 0 Å². The van der Waals surface area contributed by atoms with Gasteiger partial charge in [-0.2, -0.15) is 0 Å². The minimum atomic E-state index is -0.193. The average molecular weight is 314 g/mol. The van der Waals surface area contributed by atoms with Gasteiger partial charge in [-0.1, -0.05) is 15.9 Å². The number of fused-ring (bicyclic) bond motifs is 2. The zero-order chi connectivity index (χ0) is 12.9. The fourth-order valence-corrected chi connectivity index (χ4v) is 3.63. The number of Topliss-reactive ketones (excluding diaryl/α,β-unsaturated/α-hetero) is 1. The van der Waals surface area contributed by atoms with Crippen molar-refractivity contribution in [2.75, 3.05) is 5.33 Å². The number of aromatic hydroxyl groups is 2. The van der Waals surface area contributed by atoms with Gasteiger partial charge in [0.15, 0.2) is 11.8 Å². The summed E-state index contributed by atoms with van der Waals surface area (Å²) in [7, 11) is 0. The van der Waals surface area contributed by atoms with Gasteiger partial charge in [-0.25, -0.2) is 0 Å². The molecule has 4 rings (SSSR count). The second-order valence-electron chi connectivity index (χ2n) is 5.17. The zero-order valence-electron chi connectivity index (χ0n) is 10.0. The molecule has 0 amide bonds. The molecular weight excluding hydrogens is 298 g/mol. The zero-order valence-corrected chi connectivity index (χ0v) is 11.6. The summed E-state index contributed by atoms with van der Waals surface area (Å²) in [6, 6.07) is 0. The van der Waals surface area contributed by atoms with E-state index in [9.17, 15) is 15.0 Å². The van der Waals surface area contributed by atoms with Crippen molar-refractivity contribution in [1.29, 1.82) is 0 Å². The van der Waals surface area contributed by atoms with E-state index in [-0.39, 0.29) is 29.4 Å². The standard InChI is InChI=1S/C13H16BrNO3/c14-4-1-5-15-12(17)10-7-2-3-8(9(16)6-7)11(10)13(15)18/h7-8,17-18H,1-6H2. The normalized spacial score (nSPS) is 25.5. The van der Waals surface area contributed by atoms with Gasteiger partial charge in [0.05, 0.1) is 0 Å². The van der Waals surface area contributed by atoms with Crippen LogP contribution >= 0.6 is 15.9 Å². The van der Waals surface area contributed by atoms with Gasteiger partial charge in [-0.3, -0.25) is 9.36 Å². The first-order valence-electron chi connectivity index (χ1n) is 6.38. The molecule has 0 spiro atoms. The average Bonchev–Trinajstić information content (AvgIpc) is 2.62. The minimum Gasteiger partial charge on any atom is -0.494 e. The molecule has 18 heavy (non-hydrogen) atoms. The highest BCUT2D eigenvalue weighted by Gasteiger charge is 2.44. The number of nitrogens with zero attached hydrogens (tertiary/aromatic N) is 1. The van der Waals surface area contributed by atoms with E-state index in [4.69, 9.17) is 0 Å². The first-order chi connectivity index (χ1) is 8.65. The van der Waals surface area contributed by atoms with Gasteiger partial charge in [-0.05, 0) is 25.2 Å². The van der Waals surface area contributed by atoms with Crippen LogP contribution in [0.15, 0.2) is 0 Å². The monoisotopic (exact) mass is 313 g/mol. The Hall–Kier alpha value is -0.970. The molecule has 2 N–H and O–H groups in total. The van der Waals surface area contributed by atoms with Crippen molar-refractivity contribution in [3.8, 4) is 11.8 Å². The van der Waals surface area contributed by atoms with Crippen LogP contribution in [-0.2, 0) is 11.3 Å². The Balaban J connectivity index is 2.10. The molecule has 2 atom stereocenters. The SMILES string of the molecule is O=C1CC2CCC1c1c2c(O)n(CCCBr)c1O. The first kappa shape index (κ1) is 12.1. The Kier molecular flexibility index (Phi) is 2.88. The second kappa shape index (κ2) is 4.30. The van der Waals surface area contributed by atoms with E-state index in [2.05, 4.69) is 15.9 Å². The van der Waals surface area contributed by atoms with Crippen LogP contribution in [0.1, 0.15) is 48.6 Å². The lowest BCUT2D eigenvalue weighted by molar-refractivity contribution is -0.123. The summed E-state index contributed by atoms with van der Waals surface area (Å²) >= 11 is 3.34. The van der Waals surface area contributed by atoms with Crippen molar-refractivity contribution in [2.45, 2.75) is 44.1 Å². The van der Waals surface area contributed by atoms with E-state index in [0.29, 0.717) is 18.5 Å². The maximum absolute atomic E-state index is 11.9. The molecule has 0 aliphatic heterocycles. The molecule has 1 fully saturated rings.